The van der Waals surface area contributed by atoms with Crippen molar-refractivity contribution >= 4 is 24.0 Å². The summed E-state index contributed by atoms with van der Waals surface area (Å²) in [5.41, 5.74) is 0. The first-order chi connectivity index (χ1) is 13.1. The molecule has 0 spiro atoms. The van der Waals surface area contributed by atoms with Crippen LogP contribution in [0.1, 0.15) is 40.5 Å². The second kappa shape index (κ2) is 13.4. The summed E-state index contributed by atoms with van der Waals surface area (Å²) < 4.78 is 0. The highest BCUT2D eigenvalue weighted by molar-refractivity contribution is 5.86. The topological polar surface area (TPSA) is 157 Å². The number of carbonyl (C=O) groups is 4. The molecule has 0 heterocycles. The minimum absolute atomic E-state index is 0.166. The van der Waals surface area contributed by atoms with Crippen LogP contribution in [0.25, 0.3) is 0 Å². The number of carboxylic acid groups (broad SMARTS) is 2. The summed E-state index contributed by atoms with van der Waals surface area (Å²) in [4.78, 5) is 45.4. The van der Waals surface area contributed by atoms with E-state index in [-0.39, 0.29) is 23.7 Å². The van der Waals surface area contributed by atoms with Gasteiger partial charge in [0.05, 0.1) is 0 Å². The summed E-state index contributed by atoms with van der Waals surface area (Å²) in [6.07, 6.45) is 2.33. The van der Waals surface area contributed by atoms with Gasteiger partial charge in [-0.05, 0) is 24.7 Å². The Morgan fingerprint density at radius 3 is 1.29 bits per heavy atom. The summed E-state index contributed by atoms with van der Waals surface area (Å²) in [5.74, 6) is -1.08. The lowest BCUT2D eigenvalue weighted by atomic mass is 10.0. The Hall–Kier alpha value is -2.78. The molecule has 0 aliphatic heterocycles. The van der Waals surface area contributed by atoms with Crippen LogP contribution < -0.4 is 21.3 Å². The van der Waals surface area contributed by atoms with E-state index in [2.05, 4.69) is 21.3 Å². The minimum atomic E-state index is -1.24. The van der Waals surface area contributed by atoms with E-state index in [0.29, 0.717) is 25.9 Å². The molecule has 0 unspecified atom stereocenters. The lowest BCUT2D eigenvalue weighted by molar-refractivity contribution is -0.124. The van der Waals surface area contributed by atoms with Crippen LogP contribution in [0.5, 0.6) is 0 Å². The van der Waals surface area contributed by atoms with E-state index in [1.807, 2.05) is 12.2 Å². The average Bonchev–Trinajstić information content (AvgIpc) is 2.58. The van der Waals surface area contributed by atoms with Gasteiger partial charge in [-0.25, -0.2) is 9.59 Å². The van der Waals surface area contributed by atoms with Gasteiger partial charge in [0.25, 0.3) is 0 Å². The minimum Gasteiger partial charge on any atom is -0.465 e. The maximum atomic E-state index is 12.0. The van der Waals surface area contributed by atoms with Gasteiger partial charge in [-0.1, -0.05) is 39.8 Å². The van der Waals surface area contributed by atoms with Gasteiger partial charge >= 0.3 is 12.2 Å². The Bertz CT molecular complexity index is 514. The molecule has 0 saturated carbocycles. The number of nitrogens with one attached hydrogen (secondary N) is 4. The lowest BCUT2D eigenvalue weighted by Gasteiger charge is -2.19. The van der Waals surface area contributed by atoms with Crippen molar-refractivity contribution in [1.82, 2.24) is 21.3 Å². The molecule has 2 atom stereocenters. The lowest BCUT2D eigenvalue weighted by Crippen LogP contribution is -2.49. The molecule has 0 saturated heterocycles. The normalized spacial score (nSPS) is 13.2. The Morgan fingerprint density at radius 2 is 1.04 bits per heavy atom. The van der Waals surface area contributed by atoms with Gasteiger partial charge in [0.2, 0.25) is 11.8 Å². The second-order valence-corrected chi connectivity index (χ2v) is 6.97. The van der Waals surface area contributed by atoms with Crippen LogP contribution in [-0.4, -0.2) is 59.4 Å². The van der Waals surface area contributed by atoms with E-state index in [9.17, 15) is 19.2 Å². The molecule has 4 amide bonds. The van der Waals surface area contributed by atoms with Crippen LogP contribution >= 0.6 is 0 Å². The van der Waals surface area contributed by atoms with Crippen LogP contribution in [0.2, 0.25) is 0 Å². The van der Waals surface area contributed by atoms with Crippen molar-refractivity contribution < 1.29 is 29.4 Å². The summed E-state index contributed by atoms with van der Waals surface area (Å²) in [6, 6.07) is -1.60. The Morgan fingerprint density at radius 1 is 0.714 bits per heavy atom. The summed E-state index contributed by atoms with van der Waals surface area (Å²) in [6.45, 7) is 7.75. The van der Waals surface area contributed by atoms with Crippen molar-refractivity contribution in [1.29, 1.82) is 0 Å². The molecule has 0 aliphatic carbocycles. The first-order valence-electron chi connectivity index (χ1n) is 9.25. The molecule has 0 aromatic heterocycles. The molecule has 0 fully saturated rings. The fraction of sp³-hybridized carbons (Fsp3) is 0.667. The predicted molar refractivity (Wildman–Crippen MR) is 104 cm³/mol. The highest BCUT2D eigenvalue weighted by Crippen LogP contribution is 2.02. The SMILES string of the molecule is CC(C)[C@H](NC(=O)O)C(=O)NCCC=CCCNC(=O)[C@@H](NC(=O)O)C(C)C. The molecule has 0 aliphatic rings. The van der Waals surface area contributed by atoms with E-state index >= 15 is 0 Å². The van der Waals surface area contributed by atoms with Crippen LogP contribution in [-0.2, 0) is 9.59 Å². The zero-order valence-corrected chi connectivity index (χ0v) is 16.8. The van der Waals surface area contributed by atoms with Gasteiger partial charge in [0.15, 0.2) is 0 Å². The predicted octanol–water partition coefficient (Wildman–Crippen LogP) is 1.14. The first kappa shape index (κ1) is 25.2. The molecule has 0 rings (SSSR count). The third-order valence-electron chi connectivity index (χ3n) is 3.84. The van der Waals surface area contributed by atoms with Crippen molar-refractivity contribution in [2.24, 2.45) is 11.8 Å². The zero-order chi connectivity index (χ0) is 21.7. The second-order valence-electron chi connectivity index (χ2n) is 6.97. The van der Waals surface area contributed by atoms with E-state index in [4.69, 9.17) is 10.2 Å². The number of hydrogen-bond acceptors (Lipinski definition) is 4. The molecule has 0 aromatic carbocycles. The van der Waals surface area contributed by atoms with Gasteiger partial charge in [-0.15, -0.1) is 0 Å². The number of hydrogen-bond donors (Lipinski definition) is 6. The third-order valence-corrected chi connectivity index (χ3v) is 3.84. The van der Waals surface area contributed by atoms with Crippen molar-refractivity contribution in [3.63, 3.8) is 0 Å². The Labute approximate surface area is 165 Å². The van der Waals surface area contributed by atoms with E-state index < -0.39 is 24.3 Å². The quantitative estimate of drug-likeness (QED) is 0.213. The highest BCUT2D eigenvalue weighted by Gasteiger charge is 2.24. The van der Waals surface area contributed by atoms with Gasteiger partial charge in [-0.3, -0.25) is 9.59 Å². The van der Waals surface area contributed by atoms with Gasteiger partial charge in [0, 0.05) is 13.1 Å². The Balaban J connectivity index is 4.10. The fourth-order valence-electron chi connectivity index (χ4n) is 2.35. The number of amides is 4. The molecule has 10 heteroatoms. The van der Waals surface area contributed by atoms with Crippen LogP contribution in [0.15, 0.2) is 12.2 Å². The number of carbonyl (C=O) groups excluding carboxylic acids is 2. The van der Waals surface area contributed by atoms with Crippen LogP contribution in [0, 0.1) is 11.8 Å². The molecule has 0 radical (unpaired) electrons. The monoisotopic (exact) mass is 400 g/mol. The van der Waals surface area contributed by atoms with Crippen molar-refractivity contribution in [2.75, 3.05) is 13.1 Å². The molecule has 160 valence electrons. The average molecular weight is 400 g/mol. The first-order valence-corrected chi connectivity index (χ1v) is 9.25. The van der Waals surface area contributed by atoms with E-state index in [1.54, 1.807) is 27.7 Å². The summed E-state index contributed by atoms with van der Waals surface area (Å²) in [5, 5.41) is 27.2. The highest BCUT2D eigenvalue weighted by atomic mass is 16.4. The molecule has 0 bridgehead atoms. The number of rotatable bonds is 12. The molecule has 10 nitrogen and oxygen atoms in total. The molecule has 28 heavy (non-hydrogen) atoms. The fourth-order valence-corrected chi connectivity index (χ4v) is 2.35. The van der Waals surface area contributed by atoms with Crippen molar-refractivity contribution in [3.8, 4) is 0 Å². The van der Waals surface area contributed by atoms with Crippen LogP contribution in [0.3, 0.4) is 0 Å². The standard InChI is InChI=1S/C18H32N4O6/c1-11(2)13(21-17(25)26)15(23)19-9-7-5-6-8-10-20-16(24)14(12(3)4)22-18(27)28/h5-6,11-14,21-22H,7-10H2,1-4H3,(H,19,23)(H,20,24)(H,25,26)(H,27,28)/t13-,14-/m0/s1. The molecule has 6 N–H and O–H groups in total. The Kier molecular flexibility index (Phi) is 12.1. The summed E-state index contributed by atoms with van der Waals surface area (Å²) in [7, 11) is 0. The van der Waals surface area contributed by atoms with Crippen molar-refractivity contribution in [2.45, 2.75) is 52.6 Å². The zero-order valence-electron chi connectivity index (χ0n) is 16.8. The van der Waals surface area contributed by atoms with Crippen molar-refractivity contribution in [3.05, 3.63) is 12.2 Å². The van der Waals surface area contributed by atoms with Gasteiger partial charge < -0.3 is 31.5 Å². The third kappa shape index (κ3) is 11.0. The molecular weight excluding hydrogens is 368 g/mol. The molecule has 0 aromatic rings. The maximum absolute atomic E-state index is 12.0. The van der Waals surface area contributed by atoms with Crippen LogP contribution in [0.4, 0.5) is 9.59 Å². The van der Waals surface area contributed by atoms with E-state index in [1.165, 1.54) is 0 Å². The molecular formula is C18H32N4O6. The summed E-state index contributed by atoms with van der Waals surface area (Å²) >= 11 is 0. The van der Waals surface area contributed by atoms with E-state index in [0.717, 1.165) is 0 Å². The maximum Gasteiger partial charge on any atom is 0.405 e. The van der Waals surface area contributed by atoms with Gasteiger partial charge in [0.1, 0.15) is 12.1 Å². The van der Waals surface area contributed by atoms with Gasteiger partial charge in [-0.2, -0.15) is 0 Å². The largest absolute Gasteiger partial charge is 0.465 e. The smallest absolute Gasteiger partial charge is 0.405 e.